The summed E-state index contributed by atoms with van der Waals surface area (Å²) in [6.07, 6.45) is 11.6. The zero-order valence-corrected chi connectivity index (χ0v) is 22.7. The van der Waals surface area contributed by atoms with Gasteiger partial charge in [-0.1, -0.05) is 58.2 Å². The molecule has 0 bridgehead atoms. The number of carbonyl (C=O) groups excluding carboxylic acids is 1. The molecule has 9 heteroatoms. The number of carbonyl (C=O) groups is 1. The molecule has 0 radical (unpaired) electrons. The topological polar surface area (TPSA) is 94.2 Å². The van der Waals surface area contributed by atoms with E-state index in [4.69, 9.17) is 9.47 Å². The monoisotopic (exact) mass is 544 g/mol. The molecule has 8 nitrogen and oxygen atoms in total. The Labute approximate surface area is 235 Å². The standard InChI is InChI=1S/C30H32N4O4S/c1-8-30(35)37-21-9-20-36-29-18-16-28(17-19-29)34-33-25(5)13-11-23(3)22(2)10-12-24(4)31-32-26(6)14-15-27(7)38-39/h8,10-19,39H,1-7,9,20-21H2/b12-10-,13-11-,15-14-,32-31?,34-33?. The van der Waals surface area contributed by atoms with E-state index in [1.54, 1.807) is 60.7 Å². The summed E-state index contributed by atoms with van der Waals surface area (Å²) in [4.78, 5) is 11.0. The van der Waals surface area contributed by atoms with Crippen LogP contribution in [0, 0.1) is 0 Å². The molecule has 39 heavy (non-hydrogen) atoms. The Morgan fingerprint density at radius 2 is 1.31 bits per heavy atom. The maximum Gasteiger partial charge on any atom is 0.330 e. The van der Waals surface area contributed by atoms with E-state index in [-0.39, 0.29) is 6.61 Å². The first-order chi connectivity index (χ1) is 18.6. The van der Waals surface area contributed by atoms with Gasteiger partial charge in [-0.05, 0) is 59.7 Å². The molecule has 0 fully saturated rings. The van der Waals surface area contributed by atoms with Crippen LogP contribution in [0.15, 0.2) is 167 Å². The molecule has 0 N–H and O–H groups in total. The van der Waals surface area contributed by atoms with Gasteiger partial charge in [0.15, 0.2) is 0 Å². The number of nitrogens with zero attached hydrogens (tertiary/aromatic N) is 4. The van der Waals surface area contributed by atoms with Gasteiger partial charge in [-0.15, -0.1) is 0 Å². The van der Waals surface area contributed by atoms with Crippen LogP contribution < -0.4 is 4.74 Å². The Morgan fingerprint density at radius 1 is 0.769 bits per heavy atom. The van der Waals surface area contributed by atoms with E-state index in [0.29, 0.717) is 58.5 Å². The summed E-state index contributed by atoms with van der Waals surface area (Å²) in [6, 6.07) is 7.08. The van der Waals surface area contributed by atoms with Gasteiger partial charge < -0.3 is 13.7 Å². The van der Waals surface area contributed by atoms with Gasteiger partial charge in [0.2, 0.25) is 0 Å². The van der Waals surface area contributed by atoms with Crippen molar-refractivity contribution in [2.24, 2.45) is 20.5 Å². The van der Waals surface area contributed by atoms with Crippen molar-refractivity contribution in [1.29, 1.82) is 0 Å². The third-order valence-corrected chi connectivity index (χ3v) is 4.59. The number of azo groups is 2. The predicted molar refractivity (Wildman–Crippen MR) is 159 cm³/mol. The van der Waals surface area contributed by atoms with Crippen LogP contribution in [0.3, 0.4) is 0 Å². The Kier molecular flexibility index (Phi) is 15.3. The summed E-state index contributed by atoms with van der Waals surface area (Å²) in [7, 11) is 0. The first-order valence-electron chi connectivity index (χ1n) is 11.5. The SMILES string of the molecule is C=CC(=O)OCCCOc1ccc(N=NC(=C)/C=C\C(=C)C(=C)/C=C\C(=C)N=NC(=C)/C=C\C(=C)OS)cc1. The molecule has 1 aromatic rings. The molecule has 0 aromatic heterocycles. The van der Waals surface area contributed by atoms with Gasteiger partial charge in [0, 0.05) is 25.4 Å². The minimum atomic E-state index is -0.450. The molecule has 0 saturated heterocycles. The number of rotatable bonds is 18. The van der Waals surface area contributed by atoms with Gasteiger partial charge in [0.05, 0.1) is 36.0 Å². The first-order valence-corrected chi connectivity index (χ1v) is 11.9. The normalized spacial score (nSPS) is 11.3. The minimum absolute atomic E-state index is 0.268. The number of allylic oxidation sites excluding steroid dienone is 8. The molecule has 0 unspecified atom stereocenters. The van der Waals surface area contributed by atoms with Crippen molar-refractivity contribution in [3.05, 3.63) is 147 Å². The highest BCUT2D eigenvalue weighted by molar-refractivity contribution is 7.75. The molecule has 0 saturated carbocycles. The molecule has 0 amide bonds. The highest BCUT2D eigenvalue weighted by Gasteiger charge is 1.98. The molecular weight excluding hydrogens is 512 g/mol. The Balaban J connectivity index is 2.48. The largest absolute Gasteiger partial charge is 0.493 e. The smallest absolute Gasteiger partial charge is 0.330 e. The van der Waals surface area contributed by atoms with Crippen LogP contribution >= 0.6 is 12.9 Å². The van der Waals surface area contributed by atoms with Gasteiger partial charge in [0.25, 0.3) is 0 Å². The second kappa shape index (κ2) is 18.5. The van der Waals surface area contributed by atoms with Gasteiger partial charge >= 0.3 is 5.97 Å². The van der Waals surface area contributed by atoms with E-state index < -0.39 is 5.97 Å². The van der Waals surface area contributed by atoms with Crippen LogP contribution in [0.1, 0.15) is 6.42 Å². The third kappa shape index (κ3) is 15.2. The van der Waals surface area contributed by atoms with Crippen LogP contribution in [0.2, 0.25) is 0 Å². The van der Waals surface area contributed by atoms with Crippen molar-refractivity contribution in [1.82, 2.24) is 0 Å². The number of hydrogen-bond donors (Lipinski definition) is 1. The fraction of sp³-hybridized carbons (Fsp3) is 0.100. The van der Waals surface area contributed by atoms with E-state index in [1.165, 1.54) is 0 Å². The molecular formula is C30H32N4O4S. The van der Waals surface area contributed by atoms with Crippen molar-refractivity contribution < 1.29 is 18.5 Å². The van der Waals surface area contributed by atoms with Gasteiger partial charge in [-0.2, -0.15) is 20.5 Å². The number of hydrogen-bond acceptors (Lipinski definition) is 9. The lowest BCUT2D eigenvalue weighted by atomic mass is 10.1. The molecule has 0 spiro atoms. The van der Waals surface area contributed by atoms with E-state index in [0.717, 1.165) is 6.08 Å². The van der Waals surface area contributed by atoms with Crippen LogP contribution in [-0.4, -0.2) is 19.2 Å². The number of ether oxygens (including phenoxy) is 2. The van der Waals surface area contributed by atoms with Gasteiger partial charge in [0.1, 0.15) is 11.5 Å². The Hall–Kier alpha value is -4.76. The summed E-state index contributed by atoms with van der Waals surface area (Å²) < 4.78 is 15.1. The summed E-state index contributed by atoms with van der Waals surface area (Å²) in [5, 5.41) is 16.2. The molecule has 202 valence electrons. The minimum Gasteiger partial charge on any atom is -0.493 e. The van der Waals surface area contributed by atoms with Crippen molar-refractivity contribution >= 4 is 24.6 Å². The third-order valence-electron chi connectivity index (χ3n) is 4.35. The molecule has 1 rings (SSSR count). The fourth-order valence-corrected chi connectivity index (χ4v) is 2.33. The zero-order chi connectivity index (χ0) is 29.0. The molecule has 0 aliphatic rings. The van der Waals surface area contributed by atoms with Crippen LogP contribution in [0.25, 0.3) is 0 Å². The summed E-state index contributed by atoms with van der Waals surface area (Å²) in [5.41, 5.74) is 3.13. The zero-order valence-electron chi connectivity index (χ0n) is 21.8. The molecule has 1 aromatic carbocycles. The molecule has 0 heterocycles. The van der Waals surface area contributed by atoms with E-state index >= 15 is 0 Å². The quantitative estimate of drug-likeness (QED) is 0.0293. The number of thiol groups is 1. The second-order valence-electron chi connectivity index (χ2n) is 7.55. The fourth-order valence-electron chi connectivity index (χ4n) is 2.27. The average Bonchev–Trinajstić information content (AvgIpc) is 2.95. The summed E-state index contributed by atoms with van der Waals surface area (Å²) in [6.45, 7) is 27.0. The summed E-state index contributed by atoms with van der Waals surface area (Å²) >= 11 is 3.63. The number of esters is 1. The predicted octanol–water partition coefficient (Wildman–Crippen LogP) is 8.42. The van der Waals surface area contributed by atoms with Crippen LogP contribution in [-0.2, 0) is 13.7 Å². The highest BCUT2D eigenvalue weighted by atomic mass is 32.1. The van der Waals surface area contributed by atoms with Gasteiger partial charge in [-0.3, -0.25) is 0 Å². The first kappa shape index (κ1) is 32.3. The van der Waals surface area contributed by atoms with Crippen LogP contribution in [0.4, 0.5) is 5.69 Å². The lowest BCUT2D eigenvalue weighted by molar-refractivity contribution is -0.137. The number of benzene rings is 1. The molecule has 0 atom stereocenters. The highest BCUT2D eigenvalue weighted by Crippen LogP contribution is 2.20. The van der Waals surface area contributed by atoms with Crippen molar-refractivity contribution in [3.63, 3.8) is 0 Å². The maximum atomic E-state index is 11.0. The molecule has 0 aliphatic carbocycles. The van der Waals surface area contributed by atoms with Gasteiger partial charge in [-0.25, -0.2) is 4.79 Å². The van der Waals surface area contributed by atoms with E-state index in [2.05, 4.69) is 83.6 Å². The molecule has 0 aliphatic heterocycles. The average molecular weight is 545 g/mol. The van der Waals surface area contributed by atoms with E-state index in [9.17, 15) is 4.79 Å². The maximum absolute atomic E-state index is 11.0. The van der Waals surface area contributed by atoms with Crippen LogP contribution in [0.5, 0.6) is 5.75 Å². The van der Waals surface area contributed by atoms with Crippen molar-refractivity contribution in [2.45, 2.75) is 6.42 Å². The lowest BCUT2D eigenvalue weighted by Gasteiger charge is -2.06. The lowest BCUT2D eigenvalue weighted by Crippen LogP contribution is -2.06. The van der Waals surface area contributed by atoms with Crippen molar-refractivity contribution in [3.8, 4) is 5.75 Å². The Bertz CT molecular complexity index is 1250. The second-order valence-corrected chi connectivity index (χ2v) is 7.73. The summed E-state index contributed by atoms with van der Waals surface area (Å²) in [5.74, 6) is 0.565. The Morgan fingerprint density at radius 3 is 1.85 bits per heavy atom. The van der Waals surface area contributed by atoms with Crippen molar-refractivity contribution in [2.75, 3.05) is 13.2 Å². The van der Waals surface area contributed by atoms with E-state index in [1.807, 2.05) is 0 Å².